The highest BCUT2D eigenvalue weighted by Gasteiger charge is 2.16. The monoisotopic (exact) mass is 459 g/mol. The van der Waals surface area contributed by atoms with Crippen molar-refractivity contribution in [2.45, 2.75) is 36.2 Å². The number of carbonyl (C=O) groups excluding carboxylic acids is 2. The second-order valence-electron chi connectivity index (χ2n) is 6.23. The Morgan fingerprint density at radius 2 is 2.00 bits per heavy atom. The van der Waals surface area contributed by atoms with Gasteiger partial charge in [0.25, 0.3) is 0 Å². The van der Waals surface area contributed by atoms with Gasteiger partial charge in [-0.15, -0.1) is 28.5 Å². The Balaban J connectivity index is 1.61. The first kappa shape index (κ1) is 22.3. The van der Waals surface area contributed by atoms with Gasteiger partial charge < -0.3 is 9.88 Å². The minimum Gasteiger partial charge on any atom is -0.301 e. The van der Waals surface area contributed by atoms with E-state index in [1.807, 2.05) is 22.8 Å². The fourth-order valence-corrected chi connectivity index (χ4v) is 5.08. The summed E-state index contributed by atoms with van der Waals surface area (Å²) in [6.07, 6.45) is 1.78. The Morgan fingerprint density at radius 3 is 2.67 bits per heavy atom. The van der Waals surface area contributed by atoms with Crippen LogP contribution in [0, 0.1) is 6.92 Å². The number of rotatable bonds is 10. The van der Waals surface area contributed by atoms with Gasteiger partial charge in [0.1, 0.15) is 5.82 Å². The molecule has 156 valence electrons. The molecule has 1 aromatic carbocycles. The normalized spacial score (nSPS) is 10.7. The number of thioether (sulfide) groups is 2. The third-order valence-electron chi connectivity index (χ3n) is 3.91. The highest BCUT2D eigenvalue weighted by molar-refractivity contribution is 7.99. The third kappa shape index (κ3) is 5.80. The molecule has 3 rings (SSSR count). The Hall–Kier alpha value is -2.43. The predicted octanol–water partition coefficient (Wildman–Crippen LogP) is 4.45. The highest BCUT2D eigenvalue weighted by Crippen LogP contribution is 2.26. The maximum absolute atomic E-state index is 12.3. The molecule has 3 aromatic rings. The van der Waals surface area contributed by atoms with Crippen LogP contribution in [0.15, 0.2) is 53.0 Å². The van der Waals surface area contributed by atoms with Crippen molar-refractivity contribution < 1.29 is 9.59 Å². The minimum atomic E-state index is -0.211. The van der Waals surface area contributed by atoms with E-state index in [1.165, 1.54) is 30.0 Å². The summed E-state index contributed by atoms with van der Waals surface area (Å²) in [6.45, 7) is 7.61. The second kappa shape index (κ2) is 10.6. The van der Waals surface area contributed by atoms with E-state index >= 15 is 0 Å². The molecule has 0 saturated carbocycles. The molecule has 7 nitrogen and oxygen atoms in total. The summed E-state index contributed by atoms with van der Waals surface area (Å²) in [7, 11) is 0. The van der Waals surface area contributed by atoms with Crippen molar-refractivity contribution in [3.05, 3.63) is 59.4 Å². The van der Waals surface area contributed by atoms with Crippen molar-refractivity contribution in [2.24, 2.45) is 0 Å². The van der Waals surface area contributed by atoms with Gasteiger partial charge >= 0.3 is 0 Å². The van der Waals surface area contributed by atoms with E-state index in [-0.39, 0.29) is 17.4 Å². The summed E-state index contributed by atoms with van der Waals surface area (Å²) in [5.74, 6) is 1.39. The summed E-state index contributed by atoms with van der Waals surface area (Å²) in [6, 6.07) is 10.1. The number of ketones is 1. The lowest BCUT2D eigenvalue weighted by molar-refractivity contribution is -0.113. The molecular formula is C20H21N5O2S3. The van der Waals surface area contributed by atoms with Crippen LogP contribution in [0.1, 0.15) is 28.1 Å². The maximum Gasteiger partial charge on any atom is 0.236 e. The van der Waals surface area contributed by atoms with Gasteiger partial charge in [0.05, 0.1) is 22.1 Å². The van der Waals surface area contributed by atoms with Gasteiger partial charge in [-0.2, -0.15) is 0 Å². The van der Waals surface area contributed by atoms with E-state index in [1.54, 1.807) is 24.8 Å². The number of nitrogens with zero attached hydrogens (tertiary/aromatic N) is 4. The molecular weight excluding hydrogens is 438 g/mol. The topological polar surface area (TPSA) is 89.8 Å². The van der Waals surface area contributed by atoms with Crippen LogP contribution in [0.3, 0.4) is 0 Å². The van der Waals surface area contributed by atoms with Crippen LogP contribution in [0.5, 0.6) is 0 Å². The molecule has 2 heterocycles. The number of anilines is 1. The molecule has 10 heteroatoms. The number of carbonyl (C=O) groups is 2. The number of hydrogen-bond donors (Lipinski definition) is 1. The van der Waals surface area contributed by atoms with Crippen molar-refractivity contribution in [1.29, 1.82) is 0 Å². The second-order valence-corrected chi connectivity index (χ2v) is 9.22. The standard InChI is InChI=1S/C20H21N5O2S3/c1-4-10-25-16(11-28-15-8-6-5-7-9-15)23-24-20(25)29-12-17(27)22-19-21-13(2)18(30-19)14(3)26/h4-9H,1,10-12H2,2-3H3,(H,21,22,27). The van der Waals surface area contributed by atoms with Crippen molar-refractivity contribution in [3.8, 4) is 0 Å². The summed E-state index contributed by atoms with van der Waals surface area (Å²) < 4.78 is 1.96. The number of aromatic nitrogens is 4. The van der Waals surface area contributed by atoms with Gasteiger partial charge in [0, 0.05) is 18.4 Å². The zero-order valence-corrected chi connectivity index (χ0v) is 19.1. The fourth-order valence-electron chi connectivity index (χ4n) is 2.57. The van der Waals surface area contributed by atoms with E-state index in [9.17, 15) is 9.59 Å². The van der Waals surface area contributed by atoms with E-state index in [0.717, 1.165) is 10.7 Å². The zero-order chi connectivity index (χ0) is 21.5. The van der Waals surface area contributed by atoms with Crippen molar-refractivity contribution in [2.75, 3.05) is 11.1 Å². The summed E-state index contributed by atoms with van der Waals surface area (Å²) in [4.78, 5) is 29.8. The van der Waals surface area contributed by atoms with E-state index < -0.39 is 0 Å². The Kier molecular flexibility index (Phi) is 7.83. The lowest BCUT2D eigenvalue weighted by Crippen LogP contribution is -2.14. The smallest absolute Gasteiger partial charge is 0.236 e. The molecule has 30 heavy (non-hydrogen) atoms. The summed E-state index contributed by atoms with van der Waals surface area (Å²) >= 11 is 4.17. The number of benzene rings is 1. The zero-order valence-electron chi connectivity index (χ0n) is 16.6. The number of nitrogens with one attached hydrogen (secondary N) is 1. The quantitative estimate of drug-likeness (QED) is 0.272. The molecule has 2 aromatic heterocycles. The number of aryl methyl sites for hydroxylation is 1. The van der Waals surface area contributed by atoms with E-state index in [0.29, 0.717) is 33.2 Å². The SMILES string of the molecule is C=CCn1c(CSc2ccccc2)nnc1SCC(=O)Nc1nc(C)c(C(C)=O)s1. The van der Waals surface area contributed by atoms with Gasteiger partial charge in [-0.25, -0.2) is 4.98 Å². The summed E-state index contributed by atoms with van der Waals surface area (Å²) in [5.41, 5.74) is 0.627. The average molecular weight is 460 g/mol. The molecule has 0 aliphatic carbocycles. The van der Waals surface area contributed by atoms with Crippen LogP contribution in [0.4, 0.5) is 5.13 Å². The minimum absolute atomic E-state index is 0.0571. The number of hydrogen-bond acceptors (Lipinski definition) is 8. The van der Waals surface area contributed by atoms with Gasteiger partial charge in [0.15, 0.2) is 16.1 Å². The van der Waals surface area contributed by atoms with Crippen LogP contribution in [-0.2, 0) is 17.1 Å². The van der Waals surface area contributed by atoms with Gasteiger partial charge in [-0.1, -0.05) is 47.4 Å². The molecule has 0 spiro atoms. The van der Waals surface area contributed by atoms with Crippen LogP contribution < -0.4 is 5.32 Å². The molecule has 0 unspecified atom stereocenters. The fraction of sp³-hybridized carbons (Fsp3) is 0.250. The molecule has 0 aliphatic heterocycles. The first-order chi connectivity index (χ1) is 14.5. The van der Waals surface area contributed by atoms with Crippen LogP contribution in [0.2, 0.25) is 0 Å². The molecule has 0 bridgehead atoms. The molecule has 0 aliphatic rings. The van der Waals surface area contributed by atoms with E-state index in [4.69, 9.17) is 0 Å². The number of thiazole rings is 1. The molecule has 1 amide bonds. The predicted molar refractivity (Wildman–Crippen MR) is 122 cm³/mol. The molecule has 0 fully saturated rings. The molecule has 1 N–H and O–H groups in total. The van der Waals surface area contributed by atoms with E-state index in [2.05, 4.69) is 39.2 Å². The molecule has 0 atom stereocenters. The van der Waals surface area contributed by atoms with Gasteiger partial charge in [0.2, 0.25) is 5.91 Å². The third-order valence-corrected chi connectivity index (χ3v) is 7.06. The molecule has 0 saturated heterocycles. The molecule has 0 radical (unpaired) electrons. The van der Waals surface area contributed by atoms with Crippen LogP contribution in [0.25, 0.3) is 0 Å². The highest BCUT2D eigenvalue weighted by atomic mass is 32.2. The first-order valence-corrected chi connectivity index (χ1v) is 11.9. The lowest BCUT2D eigenvalue weighted by Gasteiger charge is -2.07. The number of amides is 1. The van der Waals surface area contributed by atoms with Crippen LogP contribution >= 0.6 is 34.9 Å². The number of Topliss-reactive ketones (excluding diaryl/α,β-unsaturated/α-hetero) is 1. The average Bonchev–Trinajstić information content (AvgIpc) is 3.29. The van der Waals surface area contributed by atoms with Gasteiger partial charge in [-0.3, -0.25) is 9.59 Å². The van der Waals surface area contributed by atoms with Crippen molar-refractivity contribution in [3.63, 3.8) is 0 Å². The lowest BCUT2D eigenvalue weighted by atomic mass is 10.3. The van der Waals surface area contributed by atoms with Crippen molar-refractivity contribution >= 4 is 51.7 Å². The van der Waals surface area contributed by atoms with Crippen molar-refractivity contribution in [1.82, 2.24) is 19.7 Å². The Bertz CT molecular complexity index is 1050. The first-order valence-electron chi connectivity index (χ1n) is 9.09. The Morgan fingerprint density at radius 1 is 1.23 bits per heavy atom. The largest absolute Gasteiger partial charge is 0.301 e. The van der Waals surface area contributed by atoms with Gasteiger partial charge in [-0.05, 0) is 19.1 Å². The van der Waals surface area contributed by atoms with Crippen LogP contribution in [-0.4, -0.2) is 37.2 Å². The summed E-state index contributed by atoms with van der Waals surface area (Å²) in [5, 5.41) is 12.4. The number of allylic oxidation sites excluding steroid dienone is 1. The maximum atomic E-state index is 12.3. The Labute approximate surface area is 187 Å².